The number of benzene rings is 1. The summed E-state index contributed by atoms with van der Waals surface area (Å²) in [5.41, 5.74) is -1.42. The molecule has 4 nitrogen and oxygen atoms in total. The van der Waals surface area contributed by atoms with Crippen molar-refractivity contribution < 1.29 is 22.7 Å². The van der Waals surface area contributed by atoms with E-state index in [1.54, 1.807) is 4.90 Å². The second kappa shape index (κ2) is 7.86. The highest BCUT2D eigenvalue weighted by atomic mass is 19.4. The number of piperazine rings is 1. The number of carbonyl (C=O) groups is 1. The van der Waals surface area contributed by atoms with Crippen LogP contribution in [0.25, 0.3) is 0 Å². The van der Waals surface area contributed by atoms with E-state index in [4.69, 9.17) is 4.74 Å². The quantitative estimate of drug-likeness (QED) is 0.872. The van der Waals surface area contributed by atoms with E-state index in [2.05, 4.69) is 5.32 Å². The summed E-state index contributed by atoms with van der Waals surface area (Å²) in [5.74, 6) is -1.39. The Labute approximate surface area is 156 Å². The molecule has 1 N–H and O–H groups in total. The normalized spacial score (nSPS) is 28.4. The van der Waals surface area contributed by atoms with E-state index >= 15 is 0 Å². The van der Waals surface area contributed by atoms with Crippen molar-refractivity contribution in [2.75, 3.05) is 26.7 Å². The predicted octanol–water partition coefficient (Wildman–Crippen LogP) is 3.24. The van der Waals surface area contributed by atoms with Crippen molar-refractivity contribution in [2.45, 2.75) is 24.2 Å². The van der Waals surface area contributed by atoms with Gasteiger partial charge in [-0.25, -0.2) is 0 Å². The van der Waals surface area contributed by atoms with E-state index in [1.807, 2.05) is 30.3 Å². The SMILES string of the molecule is COC1(C(F)(F)F)C=CC=CC1CC(=O)N1CCNC(c2ccccc2)C1. The fraction of sp³-hybridized carbons (Fsp3) is 0.450. The highest BCUT2D eigenvalue weighted by molar-refractivity contribution is 5.77. The summed E-state index contributed by atoms with van der Waals surface area (Å²) in [6, 6.07) is 9.68. The Bertz CT molecular complexity index is 718. The maximum atomic E-state index is 13.7. The van der Waals surface area contributed by atoms with Gasteiger partial charge in [0, 0.05) is 45.1 Å². The maximum absolute atomic E-state index is 13.7. The van der Waals surface area contributed by atoms with Crippen LogP contribution < -0.4 is 5.32 Å². The number of allylic oxidation sites excluding steroid dienone is 2. The van der Waals surface area contributed by atoms with E-state index in [-0.39, 0.29) is 18.4 Å². The number of hydrogen-bond donors (Lipinski definition) is 1. The third-order valence-corrected chi connectivity index (χ3v) is 5.25. The van der Waals surface area contributed by atoms with Gasteiger partial charge < -0.3 is 15.0 Å². The van der Waals surface area contributed by atoms with Crippen molar-refractivity contribution in [2.24, 2.45) is 5.92 Å². The van der Waals surface area contributed by atoms with Gasteiger partial charge in [0.2, 0.25) is 5.91 Å². The minimum atomic E-state index is -4.61. The van der Waals surface area contributed by atoms with Crippen LogP contribution in [-0.2, 0) is 9.53 Å². The molecule has 0 saturated carbocycles. The van der Waals surface area contributed by atoms with E-state index < -0.39 is 17.7 Å². The Morgan fingerprint density at radius 3 is 2.70 bits per heavy atom. The standard InChI is InChI=1S/C20H23F3N2O2/c1-27-19(20(21,22)23)10-6-5-9-16(19)13-18(26)25-12-11-24-17(14-25)15-7-3-2-4-8-15/h2-10,16-17,24H,11-14H2,1H3. The molecule has 2 aliphatic rings. The summed E-state index contributed by atoms with van der Waals surface area (Å²) in [6.07, 6.45) is 0.390. The first kappa shape index (κ1) is 19.6. The summed E-state index contributed by atoms with van der Waals surface area (Å²) >= 11 is 0. The second-order valence-electron chi connectivity index (χ2n) is 6.81. The molecule has 27 heavy (non-hydrogen) atoms. The van der Waals surface area contributed by atoms with Crippen LogP contribution in [0.2, 0.25) is 0 Å². The average molecular weight is 380 g/mol. The highest BCUT2D eigenvalue weighted by Gasteiger charge is 2.58. The number of amides is 1. The summed E-state index contributed by atoms with van der Waals surface area (Å²) in [6.45, 7) is 1.50. The molecule has 0 aromatic heterocycles. The van der Waals surface area contributed by atoms with Gasteiger partial charge in [0.15, 0.2) is 5.60 Å². The molecule has 1 saturated heterocycles. The predicted molar refractivity (Wildman–Crippen MR) is 95.9 cm³/mol. The van der Waals surface area contributed by atoms with Crippen molar-refractivity contribution in [1.82, 2.24) is 10.2 Å². The Hall–Kier alpha value is -2.12. The van der Waals surface area contributed by atoms with E-state index in [9.17, 15) is 18.0 Å². The first-order valence-electron chi connectivity index (χ1n) is 8.91. The number of hydrogen-bond acceptors (Lipinski definition) is 3. The number of ether oxygens (including phenoxy) is 1. The van der Waals surface area contributed by atoms with Gasteiger partial charge in [-0.3, -0.25) is 4.79 Å². The molecule has 3 atom stereocenters. The monoisotopic (exact) mass is 380 g/mol. The molecule has 1 aliphatic carbocycles. The van der Waals surface area contributed by atoms with E-state index in [1.165, 1.54) is 18.2 Å². The second-order valence-corrected chi connectivity index (χ2v) is 6.81. The molecule has 1 aliphatic heterocycles. The van der Waals surface area contributed by atoms with Crippen molar-refractivity contribution in [1.29, 1.82) is 0 Å². The van der Waals surface area contributed by atoms with Gasteiger partial charge in [0.1, 0.15) is 0 Å². The lowest BCUT2D eigenvalue weighted by molar-refractivity contribution is -0.263. The molecule has 0 spiro atoms. The van der Waals surface area contributed by atoms with Gasteiger partial charge in [0.05, 0.1) is 0 Å². The van der Waals surface area contributed by atoms with Crippen LogP contribution in [-0.4, -0.2) is 49.3 Å². The van der Waals surface area contributed by atoms with Crippen LogP contribution in [0.1, 0.15) is 18.0 Å². The number of alkyl halides is 3. The first-order valence-corrected chi connectivity index (χ1v) is 8.91. The highest BCUT2D eigenvalue weighted by Crippen LogP contribution is 2.44. The van der Waals surface area contributed by atoms with Crippen molar-refractivity contribution in [3.05, 3.63) is 60.2 Å². The van der Waals surface area contributed by atoms with Gasteiger partial charge in [-0.1, -0.05) is 48.6 Å². The average Bonchev–Trinajstić information content (AvgIpc) is 2.68. The number of carbonyl (C=O) groups excluding carboxylic acids is 1. The fourth-order valence-electron chi connectivity index (χ4n) is 3.73. The number of nitrogens with zero attached hydrogens (tertiary/aromatic N) is 1. The third-order valence-electron chi connectivity index (χ3n) is 5.25. The Morgan fingerprint density at radius 2 is 2.04 bits per heavy atom. The van der Waals surface area contributed by atoms with E-state index in [0.29, 0.717) is 19.6 Å². The van der Waals surface area contributed by atoms with Gasteiger partial charge in [-0.05, 0) is 11.6 Å². The Balaban J connectivity index is 1.72. The molecule has 1 fully saturated rings. The van der Waals surface area contributed by atoms with Crippen LogP contribution in [0.3, 0.4) is 0 Å². The van der Waals surface area contributed by atoms with Crippen molar-refractivity contribution in [3.63, 3.8) is 0 Å². The fourth-order valence-corrected chi connectivity index (χ4v) is 3.73. The molecule has 146 valence electrons. The van der Waals surface area contributed by atoms with Crippen LogP contribution in [0.5, 0.6) is 0 Å². The summed E-state index contributed by atoms with van der Waals surface area (Å²) < 4.78 is 45.9. The number of rotatable bonds is 4. The molecule has 1 aromatic rings. The van der Waals surface area contributed by atoms with Crippen molar-refractivity contribution >= 4 is 5.91 Å². The molecule has 1 heterocycles. The zero-order chi connectivity index (χ0) is 19.5. The van der Waals surface area contributed by atoms with Gasteiger partial charge >= 0.3 is 6.18 Å². The molecule has 0 radical (unpaired) electrons. The van der Waals surface area contributed by atoms with Gasteiger partial charge in [-0.15, -0.1) is 0 Å². The van der Waals surface area contributed by atoms with Gasteiger partial charge in [0.25, 0.3) is 0 Å². The van der Waals surface area contributed by atoms with Crippen LogP contribution in [0.15, 0.2) is 54.6 Å². The van der Waals surface area contributed by atoms with Crippen LogP contribution in [0.4, 0.5) is 13.2 Å². The molecular weight excluding hydrogens is 357 g/mol. The topological polar surface area (TPSA) is 41.6 Å². The lowest BCUT2D eigenvalue weighted by Gasteiger charge is -2.40. The maximum Gasteiger partial charge on any atom is 0.421 e. The molecular formula is C20H23F3N2O2. The molecule has 1 aromatic carbocycles. The van der Waals surface area contributed by atoms with E-state index in [0.717, 1.165) is 18.7 Å². The smallest absolute Gasteiger partial charge is 0.364 e. The molecule has 3 unspecified atom stereocenters. The molecule has 1 amide bonds. The zero-order valence-electron chi connectivity index (χ0n) is 15.1. The van der Waals surface area contributed by atoms with Crippen molar-refractivity contribution in [3.8, 4) is 0 Å². The summed E-state index contributed by atoms with van der Waals surface area (Å²) in [4.78, 5) is 14.4. The summed E-state index contributed by atoms with van der Waals surface area (Å²) in [7, 11) is 1.03. The zero-order valence-corrected chi connectivity index (χ0v) is 15.1. The molecule has 0 bridgehead atoms. The molecule has 3 rings (SSSR count). The van der Waals surface area contributed by atoms with Crippen LogP contribution in [0, 0.1) is 5.92 Å². The number of methoxy groups -OCH3 is 1. The lowest BCUT2D eigenvalue weighted by atomic mass is 9.80. The number of halogens is 3. The largest absolute Gasteiger partial charge is 0.421 e. The van der Waals surface area contributed by atoms with Gasteiger partial charge in [-0.2, -0.15) is 13.2 Å². The lowest BCUT2D eigenvalue weighted by Crippen LogP contribution is -2.54. The Morgan fingerprint density at radius 1 is 1.30 bits per heavy atom. The minimum Gasteiger partial charge on any atom is -0.364 e. The number of nitrogens with one attached hydrogen (secondary N) is 1. The molecule has 7 heteroatoms. The minimum absolute atomic E-state index is 0.0273. The Kier molecular flexibility index (Phi) is 5.72. The first-order chi connectivity index (χ1) is 12.9. The van der Waals surface area contributed by atoms with Crippen LogP contribution >= 0.6 is 0 Å². The summed E-state index contributed by atoms with van der Waals surface area (Å²) in [5, 5.41) is 3.35. The third kappa shape index (κ3) is 3.94.